The molecule has 0 aromatic heterocycles. The predicted octanol–water partition coefficient (Wildman–Crippen LogP) is 5.31. The maximum Gasteiger partial charge on any atom is 0.127 e. The average Bonchev–Trinajstić information content (AvgIpc) is 3.10. The lowest BCUT2D eigenvalue weighted by molar-refractivity contribution is 0.325. The van der Waals surface area contributed by atoms with Crippen LogP contribution >= 0.6 is 0 Å². The van der Waals surface area contributed by atoms with Crippen molar-refractivity contribution in [3.63, 3.8) is 0 Å². The van der Waals surface area contributed by atoms with E-state index in [1.54, 1.807) is 12.1 Å². The summed E-state index contributed by atoms with van der Waals surface area (Å²) >= 11 is 0. The molecule has 0 bridgehead atoms. The van der Waals surface area contributed by atoms with Crippen LogP contribution in [0.4, 0.5) is 4.39 Å². The lowest BCUT2D eigenvalue weighted by Gasteiger charge is -2.17. The summed E-state index contributed by atoms with van der Waals surface area (Å²) in [6.45, 7) is 7.02. The number of hydrogen-bond acceptors (Lipinski definition) is 2. The number of phenolic OH excluding ortho intramolecular Hbond substituents is 1. The zero-order valence-electron chi connectivity index (χ0n) is 14.6. The van der Waals surface area contributed by atoms with E-state index in [1.807, 2.05) is 24.3 Å². The second-order valence-electron chi connectivity index (χ2n) is 6.87. The number of rotatable bonds is 5. The minimum atomic E-state index is -0.133. The van der Waals surface area contributed by atoms with Gasteiger partial charge >= 0.3 is 0 Å². The summed E-state index contributed by atoms with van der Waals surface area (Å²) < 4.78 is 14.2. The molecular formula is C21H26FNO. The van der Waals surface area contributed by atoms with Gasteiger partial charge in [0.15, 0.2) is 0 Å². The van der Waals surface area contributed by atoms with Crippen LogP contribution in [0.2, 0.25) is 0 Å². The molecule has 1 fully saturated rings. The largest absolute Gasteiger partial charge is 0.508 e. The van der Waals surface area contributed by atoms with E-state index >= 15 is 0 Å². The molecule has 1 heterocycles. The first-order valence-corrected chi connectivity index (χ1v) is 8.92. The second kappa shape index (κ2) is 7.35. The summed E-state index contributed by atoms with van der Waals surface area (Å²) in [5.74, 6) is 0.508. The van der Waals surface area contributed by atoms with E-state index in [4.69, 9.17) is 0 Å². The number of hydrogen-bond donors (Lipinski definition) is 1. The molecule has 0 spiro atoms. The Labute approximate surface area is 143 Å². The van der Waals surface area contributed by atoms with Crippen molar-refractivity contribution in [1.82, 2.24) is 4.90 Å². The zero-order chi connectivity index (χ0) is 17.1. The Morgan fingerprint density at radius 3 is 2.46 bits per heavy atom. The van der Waals surface area contributed by atoms with E-state index in [9.17, 15) is 9.50 Å². The van der Waals surface area contributed by atoms with Gasteiger partial charge in [-0.3, -0.25) is 4.90 Å². The molecule has 1 aliphatic heterocycles. The van der Waals surface area contributed by atoms with Crippen LogP contribution in [0.1, 0.15) is 50.2 Å². The average molecular weight is 327 g/mol. The fourth-order valence-corrected chi connectivity index (χ4v) is 3.41. The third kappa shape index (κ3) is 3.62. The number of benzene rings is 2. The van der Waals surface area contributed by atoms with Gasteiger partial charge in [0.2, 0.25) is 0 Å². The van der Waals surface area contributed by atoms with E-state index in [-0.39, 0.29) is 5.82 Å². The quantitative estimate of drug-likeness (QED) is 0.804. The highest BCUT2D eigenvalue weighted by atomic mass is 19.1. The number of likely N-dealkylation sites (tertiary alicyclic amines) is 1. The first-order chi connectivity index (χ1) is 11.6. The lowest BCUT2D eigenvalue weighted by atomic mass is 9.93. The zero-order valence-corrected chi connectivity index (χ0v) is 14.6. The van der Waals surface area contributed by atoms with Crippen LogP contribution in [0, 0.1) is 5.82 Å². The highest BCUT2D eigenvalue weighted by molar-refractivity contribution is 5.66. The third-order valence-electron chi connectivity index (χ3n) is 5.14. The van der Waals surface area contributed by atoms with Gasteiger partial charge in [-0.2, -0.15) is 0 Å². The van der Waals surface area contributed by atoms with E-state index in [2.05, 4.69) is 18.7 Å². The van der Waals surface area contributed by atoms with Gasteiger partial charge in [-0.05, 0) is 79.2 Å². The molecule has 128 valence electrons. The number of phenols is 1. The minimum absolute atomic E-state index is 0.133. The number of aromatic hydroxyl groups is 1. The van der Waals surface area contributed by atoms with E-state index < -0.39 is 0 Å². The van der Waals surface area contributed by atoms with Crippen molar-refractivity contribution in [3.05, 3.63) is 53.3 Å². The second-order valence-corrected chi connectivity index (χ2v) is 6.87. The molecule has 3 rings (SSSR count). The van der Waals surface area contributed by atoms with Crippen LogP contribution in [-0.4, -0.2) is 23.1 Å². The van der Waals surface area contributed by atoms with Crippen molar-refractivity contribution in [2.45, 2.75) is 45.6 Å². The smallest absolute Gasteiger partial charge is 0.127 e. The maximum atomic E-state index is 14.2. The SMILES string of the molecule is CCC(C)c1cc(-c2ccc(F)c(CN3CCCC3)c2)ccc1O. The summed E-state index contributed by atoms with van der Waals surface area (Å²) in [5, 5.41) is 10.1. The molecule has 0 radical (unpaired) electrons. The van der Waals surface area contributed by atoms with Crippen molar-refractivity contribution < 1.29 is 9.50 Å². The molecule has 0 saturated carbocycles. The van der Waals surface area contributed by atoms with Crippen LogP contribution < -0.4 is 0 Å². The normalized spacial score (nSPS) is 16.5. The van der Waals surface area contributed by atoms with Crippen molar-refractivity contribution >= 4 is 0 Å². The van der Waals surface area contributed by atoms with Crippen LogP contribution in [0.15, 0.2) is 36.4 Å². The van der Waals surface area contributed by atoms with Crippen LogP contribution in [-0.2, 0) is 6.54 Å². The van der Waals surface area contributed by atoms with E-state index in [0.29, 0.717) is 18.2 Å². The van der Waals surface area contributed by atoms with E-state index in [0.717, 1.165) is 41.8 Å². The molecule has 1 saturated heterocycles. The summed E-state index contributed by atoms with van der Waals surface area (Å²) in [7, 11) is 0. The fourth-order valence-electron chi connectivity index (χ4n) is 3.41. The molecule has 3 heteroatoms. The van der Waals surface area contributed by atoms with Crippen LogP contribution in [0.3, 0.4) is 0 Å². The Morgan fingerprint density at radius 2 is 1.75 bits per heavy atom. The monoisotopic (exact) mass is 327 g/mol. The van der Waals surface area contributed by atoms with Crippen molar-refractivity contribution in [2.75, 3.05) is 13.1 Å². The summed E-state index contributed by atoms with van der Waals surface area (Å²) in [4.78, 5) is 2.31. The molecule has 0 amide bonds. The molecular weight excluding hydrogens is 301 g/mol. The first kappa shape index (κ1) is 17.0. The Bertz CT molecular complexity index is 707. The lowest BCUT2D eigenvalue weighted by Crippen LogP contribution is -2.19. The van der Waals surface area contributed by atoms with Crippen molar-refractivity contribution in [2.24, 2.45) is 0 Å². The van der Waals surface area contributed by atoms with Gasteiger partial charge in [-0.1, -0.05) is 26.0 Å². The van der Waals surface area contributed by atoms with Gasteiger partial charge in [-0.25, -0.2) is 4.39 Å². The highest BCUT2D eigenvalue weighted by Gasteiger charge is 2.15. The number of nitrogens with zero attached hydrogens (tertiary/aromatic N) is 1. The van der Waals surface area contributed by atoms with Gasteiger partial charge in [0.1, 0.15) is 11.6 Å². The first-order valence-electron chi connectivity index (χ1n) is 8.92. The molecule has 24 heavy (non-hydrogen) atoms. The van der Waals surface area contributed by atoms with Crippen molar-refractivity contribution in [1.29, 1.82) is 0 Å². The Morgan fingerprint density at radius 1 is 1.08 bits per heavy atom. The molecule has 1 N–H and O–H groups in total. The third-order valence-corrected chi connectivity index (χ3v) is 5.14. The standard InChI is InChI=1S/C21H26FNO/c1-3-15(2)19-13-17(7-9-21(19)24)16-6-8-20(22)18(12-16)14-23-10-4-5-11-23/h6-9,12-13,15,24H,3-5,10-11,14H2,1-2H3. The summed E-state index contributed by atoms with van der Waals surface area (Å²) in [5.41, 5.74) is 3.76. The molecule has 1 atom stereocenters. The molecule has 2 aromatic carbocycles. The topological polar surface area (TPSA) is 23.5 Å². The summed E-state index contributed by atoms with van der Waals surface area (Å²) in [6.07, 6.45) is 3.38. The van der Waals surface area contributed by atoms with E-state index in [1.165, 1.54) is 12.8 Å². The number of halogens is 1. The van der Waals surface area contributed by atoms with Gasteiger partial charge in [0, 0.05) is 12.1 Å². The Balaban J connectivity index is 1.91. The van der Waals surface area contributed by atoms with Gasteiger partial charge < -0.3 is 5.11 Å². The molecule has 2 nitrogen and oxygen atoms in total. The molecule has 2 aromatic rings. The van der Waals surface area contributed by atoms with Gasteiger partial charge in [0.25, 0.3) is 0 Å². The molecule has 1 aliphatic rings. The fraction of sp³-hybridized carbons (Fsp3) is 0.429. The minimum Gasteiger partial charge on any atom is -0.508 e. The predicted molar refractivity (Wildman–Crippen MR) is 96.7 cm³/mol. The van der Waals surface area contributed by atoms with Crippen LogP contribution in [0.25, 0.3) is 11.1 Å². The summed E-state index contributed by atoms with van der Waals surface area (Å²) in [6, 6.07) is 11.1. The Hall–Kier alpha value is -1.87. The molecule has 0 aliphatic carbocycles. The maximum absolute atomic E-state index is 14.2. The Kier molecular flexibility index (Phi) is 5.20. The molecule has 1 unspecified atom stereocenters. The van der Waals surface area contributed by atoms with Crippen molar-refractivity contribution in [3.8, 4) is 16.9 Å². The van der Waals surface area contributed by atoms with Crippen LogP contribution in [0.5, 0.6) is 5.75 Å². The van der Waals surface area contributed by atoms with Gasteiger partial charge in [-0.15, -0.1) is 0 Å². The van der Waals surface area contributed by atoms with Gasteiger partial charge in [0.05, 0.1) is 0 Å². The highest BCUT2D eigenvalue weighted by Crippen LogP contribution is 2.33.